The first-order valence-corrected chi connectivity index (χ1v) is 5.84. The molecule has 0 fully saturated rings. The van der Waals surface area contributed by atoms with Gasteiger partial charge in [-0.05, 0) is 25.0 Å². The highest BCUT2D eigenvalue weighted by molar-refractivity contribution is 5.94. The Hall–Kier alpha value is -2.04. The molecule has 0 aromatic heterocycles. The number of ether oxygens (including phenoxy) is 1. The number of amides is 1. The van der Waals surface area contributed by atoms with Crippen LogP contribution in [0.2, 0.25) is 0 Å². The predicted octanol–water partition coefficient (Wildman–Crippen LogP) is 1.66. The number of aryl methyl sites for hydroxylation is 2. The molecule has 1 aromatic rings. The van der Waals surface area contributed by atoms with Crippen molar-refractivity contribution >= 4 is 12.1 Å². The van der Waals surface area contributed by atoms with Crippen LogP contribution in [0.3, 0.4) is 0 Å². The maximum Gasteiger partial charge on any atom is 0.413 e. The predicted molar refractivity (Wildman–Crippen MR) is 69.6 cm³/mol. The molecule has 1 aliphatic heterocycles. The summed E-state index contributed by atoms with van der Waals surface area (Å²) >= 11 is 0. The van der Waals surface area contributed by atoms with Gasteiger partial charge < -0.3 is 10.1 Å². The van der Waals surface area contributed by atoms with Crippen molar-refractivity contribution in [3.05, 3.63) is 34.9 Å². The molecule has 1 aliphatic rings. The summed E-state index contributed by atoms with van der Waals surface area (Å²) in [5, 5.41) is 5.59. The fourth-order valence-electron chi connectivity index (χ4n) is 2.04. The third kappa shape index (κ3) is 2.61. The molecular weight excluding hydrogens is 230 g/mol. The number of benzene rings is 1. The van der Waals surface area contributed by atoms with Gasteiger partial charge in [-0.1, -0.05) is 23.8 Å². The van der Waals surface area contributed by atoms with Crippen molar-refractivity contribution in [2.75, 3.05) is 13.7 Å². The normalized spacial score (nSPS) is 17.9. The number of nitrogens with one attached hydrogen (secondary N) is 2. The van der Waals surface area contributed by atoms with Crippen LogP contribution in [0.15, 0.2) is 23.2 Å². The zero-order valence-corrected chi connectivity index (χ0v) is 10.8. The Balaban J connectivity index is 2.14. The van der Waals surface area contributed by atoms with Gasteiger partial charge in [0, 0.05) is 6.54 Å². The van der Waals surface area contributed by atoms with Crippen LogP contribution in [-0.4, -0.2) is 25.7 Å². The summed E-state index contributed by atoms with van der Waals surface area (Å²) < 4.78 is 4.52. The number of carbonyl (C=O) groups excluding carboxylic acids is 1. The largest absolute Gasteiger partial charge is 0.453 e. The minimum atomic E-state index is -0.512. The average molecular weight is 247 g/mol. The molecule has 0 bridgehead atoms. The maximum absolute atomic E-state index is 11.1. The standard InChI is InChI=1S/C13H17N3O2/c1-8-4-5-10(9(2)6-8)11-7-14-12(15-11)16-13(17)18-3/h4-6,11H,7H2,1-3H3,(H2,14,15,16,17). The second kappa shape index (κ2) is 5.08. The Morgan fingerprint density at radius 3 is 2.94 bits per heavy atom. The van der Waals surface area contributed by atoms with Gasteiger partial charge in [-0.2, -0.15) is 0 Å². The minimum absolute atomic E-state index is 0.0396. The fourth-order valence-corrected chi connectivity index (χ4v) is 2.04. The molecule has 1 aromatic carbocycles. The van der Waals surface area contributed by atoms with Crippen molar-refractivity contribution in [3.8, 4) is 0 Å². The van der Waals surface area contributed by atoms with Crippen LogP contribution >= 0.6 is 0 Å². The molecule has 5 nitrogen and oxygen atoms in total. The quantitative estimate of drug-likeness (QED) is 0.793. The van der Waals surface area contributed by atoms with Gasteiger partial charge in [0.1, 0.15) is 0 Å². The van der Waals surface area contributed by atoms with E-state index in [2.05, 4.69) is 52.4 Å². The highest BCUT2D eigenvalue weighted by atomic mass is 16.5. The van der Waals surface area contributed by atoms with E-state index in [1.807, 2.05) is 0 Å². The molecule has 1 heterocycles. The monoisotopic (exact) mass is 247 g/mol. The molecule has 0 radical (unpaired) electrons. The van der Waals surface area contributed by atoms with Crippen LogP contribution in [0.25, 0.3) is 0 Å². The van der Waals surface area contributed by atoms with Crippen molar-refractivity contribution in [1.82, 2.24) is 10.6 Å². The molecule has 2 N–H and O–H groups in total. The molecule has 5 heteroatoms. The van der Waals surface area contributed by atoms with Crippen LogP contribution in [0.5, 0.6) is 0 Å². The van der Waals surface area contributed by atoms with Gasteiger partial charge in [0.15, 0.2) is 0 Å². The lowest BCUT2D eigenvalue weighted by molar-refractivity contribution is 0.176. The number of alkyl carbamates (subject to hydrolysis) is 1. The number of guanidine groups is 1. The summed E-state index contributed by atoms with van der Waals surface area (Å²) in [6.45, 7) is 4.82. The van der Waals surface area contributed by atoms with Crippen molar-refractivity contribution in [2.24, 2.45) is 4.99 Å². The van der Waals surface area contributed by atoms with E-state index in [4.69, 9.17) is 0 Å². The third-order valence-corrected chi connectivity index (χ3v) is 2.94. The number of rotatable bonds is 1. The fraction of sp³-hybridized carbons (Fsp3) is 0.385. The number of nitrogens with zero attached hydrogens (tertiary/aromatic N) is 1. The number of aliphatic imine (C=N–C) groups is 1. The summed E-state index contributed by atoms with van der Waals surface area (Å²) in [6, 6.07) is 6.33. The number of carbonyl (C=O) groups is 1. The number of methoxy groups -OCH3 is 1. The lowest BCUT2D eigenvalue weighted by atomic mass is 10.00. The Kier molecular flexibility index (Phi) is 3.50. The van der Waals surface area contributed by atoms with Crippen LogP contribution in [0.1, 0.15) is 22.7 Å². The van der Waals surface area contributed by atoms with Crippen molar-refractivity contribution < 1.29 is 9.53 Å². The molecule has 0 spiro atoms. The second-order valence-corrected chi connectivity index (χ2v) is 4.35. The van der Waals surface area contributed by atoms with E-state index in [9.17, 15) is 4.79 Å². The van der Waals surface area contributed by atoms with Crippen molar-refractivity contribution in [2.45, 2.75) is 19.9 Å². The van der Waals surface area contributed by atoms with Gasteiger partial charge >= 0.3 is 6.09 Å². The number of hydrogen-bond donors (Lipinski definition) is 2. The molecule has 1 atom stereocenters. The molecule has 2 rings (SSSR count). The van der Waals surface area contributed by atoms with Crippen LogP contribution in [-0.2, 0) is 4.74 Å². The van der Waals surface area contributed by atoms with E-state index in [1.54, 1.807) is 0 Å². The van der Waals surface area contributed by atoms with Crippen LogP contribution in [0, 0.1) is 13.8 Å². The molecule has 0 saturated heterocycles. The van der Waals surface area contributed by atoms with E-state index in [0.717, 1.165) is 0 Å². The molecule has 1 amide bonds. The van der Waals surface area contributed by atoms with Gasteiger partial charge in [-0.3, -0.25) is 5.32 Å². The zero-order valence-electron chi connectivity index (χ0n) is 10.8. The molecule has 0 aliphatic carbocycles. The van der Waals surface area contributed by atoms with Crippen molar-refractivity contribution in [1.29, 1.82) is 0 Å². The number of hydrogen-bond acceptors (Lipinski definition) is 4. The first kappa shape index (κ1) is 12.4. The molecule has 0 saturated carbocycles. The third-order valence-electron chi connectivity index (χ3n) is 2.94. The topological polar surface area (TPSA) is 62.7 Å². The molecule has 96 valence electrons. The minimum Gasteiger partial charge on any atom is -0.453 e. The van der Waals surface area contributed by atoms with E-state index < -0.39 is 6.09 Å². The van der Waals surface area contributed by atoms with Crippen LogP contribution in [0.4, 0.5) is 4.79 Å². The van der Waals surface area contributed by atoms with Crippen molar-refractivity contribution in [3.63, 3.8) is 0 Å². The average Bonchev–Trinajstić information content (AvgIpc) is 2.77. The summed E-state index contributed by atoms with van der Waals surface area (Å²) in [5.41, 5.74) is 3.62. The Labute approximate surface area is 106 Å². The lowest BCUT2D eigenvalue weighted by Crippen LogP contribution is -2.37. The lowest BCUT2D eigenvalue weighted by Gasteiger charge is -2.10. The summed E-state index contributed by atoms with van der Waals surface area (Å²) in [6.07, 6.45) is -0.512. The summed E-state index contributed by atoms with van der Waals surface area (Å²) in [4.78, 5) is 15.5. The summed E-state index contributed by atoms with van der Waals surface area (Å²) in [5.74, 6) is 0.465. The Morgan fingerprint density at radius 1 is 1.50 bits per heavy atom. The highest BCUT2D eigenvalue weighted by Crippen LogP contribution is 2.23. The molecule has 1 unspecified atom stereocenters. The first-order chi connectivity index (χ1) is 8.60. The van der Waals surface area contributed by atoms with E-state index >= 15 is 0 Å². The van der Waals surface area contributed by atoms with E-state index in [-0.39, 0.29) is 6.04 Å². The van der Waals surface area contributed by atoms with Gasteiger partial charge in [-0.25, -0.2) is 9.79 Å². The van der Waals surface area contributed by atoms with E-state index in [1.165, 1.54) is 23.8 Å². The molecular formula is C13H17N3O2. The second-order valence-electron chi connectivity index (χ2n) is 4.35. The van der Waals surface area contributed by atoms with Gasteiger partial charge in [-0.15, -0.1) is 0 Å². The van der Waals surface area contributed by atoms with E-state index in [0.29, 0.717) is 12.5 Å². The van der Waals surface area contributed by atoms with Gasteiger partial charge in [0.25, 0.3) is 0 Å². The zero-order chi connectivity index (χ0) is 13.1. The molecule has 18 heavy (non-hydrogen) atoms. The van der Waals surface area contributed by atoms with Gasteiger partial charge in [0.2, 0.25) is 5.96 Å². The summed E-state index contributed by atoms with van der Waals surface area (Å²) in [7, 11) is 1.33. The highest BCUT2D eigenvalue weighted by Gasteiger charge is 2.21. The Morgan fingerprint density at radius 2 is 2.28 bits per heavy atom. The maximum atomic E-state index is 11.1. The van der Waals surface area contributed by atoms with Crippen LogP contribution < -0.4 is 10.6 Å². The van der Waals surface area contributed by atoms with Gasteiger partial charge in [0.05, 0.1) is 13.2 Å². The SMILES string of the molecule is COC(=O)NC1=NC(c2ccc(C)cc2C)CN1. The Bertz CT molecular complexity index is 497. The first-order valence-electron chi connectivity index (χ1n) is 5.84. The smallest absolute Gasteiger partial charge is 0.413 e.